The fourth-order valence-electron chi connectivity index (χ4n) is 3.34. The van der Waals surface area contributed by atoms with Crippen LogP contribution in [0, 0.1) is 11.6 Å². The van der Waals surface area contributed by atoms with Crippen LogP contribution in [0.3, 0.4) is 0 Å². The quantitative estimate of drug-likeness (QED) is 0.728. The third-order valence-corrected chi connectivity index (χ3v) is 5.07. The van der Waals surface area contributed by atoms with Crippen LogP contribution in [0.4, 0.5) is 14.5 Å². The van der Waals surface area contributed by atoms with Crippen LogP contribution in [0.15, 0.2) is 48.5 Å². The van der Waals surface area contributed by atoms with Crippen molar-refractivity contribution in [3.63, 3.8) is 0 Å². The van der Waals surface area contributed by atoms with Gasteiger partial charge < -0.3 is 15.0 Å². The summed E-state index contributed by atoms with van der Waals surface area (Å²) in [5.41, 5.74) is 2.25. The van der Waals surface area contributed by atoms with Crippen molar-refractivity contribution in [2.45, 2.75) is 32.4 Å². The SMILES string of the molecule is CCC1CN(c2cccc([C@@H](C)NC(=O)/C=C/c3ccc(F)cc3F)c2)CCO1. The Morgan fingerprint density at radius 2 is 2.14 bits per heavy atom. The van der Waals surface area contributed by atoms with Crippen LogP contribution in [0.2, 0.25) is 0 Å². The Balaban J connectivity index is 1.63. The van der Waals surface area contributed by atoms with Crippen molar-refractivity contribution >= 4 is 17.7 Å². The Morgan fingerprint density at radius 1 is 1.31 bits per heavy atom. The summed E-state index contributed by atoms with van der Waals surface area (Å²) in [7, 11) is 0. The van der Waals surface area contributed by atoms with Crippen LogP contribution in [0.5, 0.6) is 0 Å². The summed E-state index contributed by atoms with van der Waals surface area (Å²) >= 11 is 0. The van der Waals surface area contributed by atoms with Gasteiger partial charge in [-0.3, -0.25) is 4.79 Å². The molecular formula is C23H26F2N2O2. The van der Waals surface area contributed by atoms with Crippen molar-refractivity contribution in [1.29, 1.82) is 0 Å². The maximum Gasteiger partial charge on any atom is 0.244 e. The predicted octanol–water partition coefficient (Wildman–Crippen LogP) is 4.47. The number of morpholine rings is 1. The van der Waals surface area contributed by atoms with E-state index in [0.717, 1.165) is 42.9 Å². The van der Waals surface area contributed by atoms with Crippen molar-refractivity contribution in [3.05, 3.63) is 71.3 Å². The lowest BCUT2D eigenvalue weighted by Crippen LogP contribution is -2.42. The molecule has 4 nitrogen and oxygen atoms in total. The average Bonchev–Trinajstić information content (AvgIpc) is 2.73. The Morgan fingerprint density at radius 3 is 2.90 bits per heavy atom. The van der Waals surface area contributed by atoms with Crippen LogP contribution in [-0.4, -0.2) is 31.7 Å². The van der Waals surface area contributed by atoms with Crippen molar-refractivity contribution in [2.24, 2.45) is 0 Å². The summed E-state index contributed by atoms with van der Waals surface area (Å²) < 4.78 is 32.4. The smallest absolute Gasteiger partial charge is 0.244 e. The number of nitrogens with one attached hydrogen (secondary N) is 1. The topological polar surface area (TPSA) is 41.6 Å². The molecule has 154 valence electrons. The van der Waals surface area contributed by atoms with Crippen molar-refractivity contribution in [2.75, 3.05) is 24.6 Å². The van der Waals surface area contributed by atoms with E-state index in [9.17, 15) is 13.6 Å². The van der Waals surface area contributed by atoms with Gasteiger partial charge in [-0.1, -0.05) is 19.1 Å². The van der Waals surface area contributed by atoms with E-state index >= 15 is 0 Å². The minimum absolute atomic E-state index is 0.161. The molecule has 1 fully saturated rings. The van der Waals surface area contributed by atoms with Crippen LogP contribution >= 0.6 is 0 Å². The Bertz CT molecular complexity index is 885. The van der Waals surface area contributed by atoms with Crippen LogP contribution in [0.1, 0.15) is 37.4 Å². The summed E-state index contributed by atoms with van der Waals surface area (Å²) in [5.74, 6) is -1.70. The molecule has 2 aromatic carbocycles. The molecule has 1 amide bonds. The molecule has 2 aromatic rings. The molecule has 0 saturated carbocycles. The number of carbonyl (C=O) groups excluding carboxylic acids is 1. The number of anilines is 1. The van der Waals surface area contributed by atoms with Gasteiger partial charge in [0, 0.05) is 36.5 Å². The maximum atomic E-state index is 13.7. The van der Waals surface area contributed by atoms with Gasteiger partial charge in [-0.15, -0.1) is 0 Å². The second-order valence-electron chi connectivity index (χ2n) is 7.17. The molecule has 1 heterocycles. The summed E-state index contributed by atoms with van der Waals surface area (Å²) in [4.78, 5) is 14.5. The highest BCUT2D eigenvalue weighted by Crippen LogP contribution is 2.23. The molecule has 0 radical (unpaired) electrons. The number of amides is 1. The fraction of sp³-hybridized carbons (Fsp3) is 0.348. The van der Waals surface area contributed by atoms with Crippen molar-refractivity contribution < 1.29 is 18.3 Å². The predicted molar refractivity (Wildman–Crippen MR) is 111 cm³/mol. The van der Waals surface area contributed by atoms with Gasteiger partial charge in [0.15, 0.2) is 0 Å². The third kappa shape index (κ3) is 5.64. The van der Waals surface area contributed by atoms with Crippen LogP contribution in [0.25, 0.3) is 6.08 Å². The summed E-state index contributed by atoms with van der Waals surface area (Å²) in [6.45, 7) is 6.42. The molecule has 0 bridgehead atoms. The Labute approximate surface area is 170 Å². The average molecular weight is 400 g/mol. The lowest BCUT2D eigenvalue weighted by atomic mass is 10.1. The molecule has 3 rings (SSSR count). The number of carbonyl (C=O) groups is 1. The van der Waals surface area contributed by atoms with Gasteiger partial charge in [-0.2, -0.15) is 0 Å². The van der Waals surface area contributed by atoms with Crippen molar-refractivity contribution in [3.8, 4) is 0 Å². The number of rotatable bonds is 6. The largest absolute Gasteiger partial charge is 0.375 e. The van der Waals surface area contributed by atoms with Gasteiger partial charge in [0.1, 0.15) is 11.6 Å². The number of halogens is 2. The normalized spacial score (nSPS) is 18.1. The Hall–Kier alpha value is -2.73. The number of hydrogen-bond acceptors (Lipinski definition) is 3. The minimum Gasteiger partial charge on any atom is -0.375 e. The van der Waals surface area contributed by atoms with Crippen molar-refractivity contribution in [1.82, 2.24) is 5.32 Å². The molecule has 0 aromatic heterocycles. The Kier molecular flexibility index (Phi) is 6.99. The van der Waals surface area contributed by atoms with E-state index in [-0.39, 0.29) is 23.6 Å². The van der Waals surface area contributed by atoms with Crippen LogP contribution in [-0.2, 0) is 9.53 Å². The van der Waals surface area contributed by atoms with Gasteiger partial charge >= 0.3 is 0 Å². The van der Waals surface area contributed by atoms with E-state index in [0.29, 0.717) is 6.61 Å². The zero-order chi connectivity index (χ0) is 20.8. The van der Waals surface area contributed by atoms with E-state index in [1.807, 2.05) is 19.1 Å². The molecule has 1 aliphatic heterocycles. The molecule has 1 N–H and O–H groups in total. The van der Waals surface area contributed by atoms with Gasteiger partial charge in [-0.25, -0.2) is 8.78 Å². The molecule has 29 heavy (non-hydrogen) atoms. The molecule has 0 spiro atoms. The summed E-state index contributed by atoms with van der Waals surface area (Å²) in [5, 5.41) is 2.88. The van der Waals surface area contributed by atoms with Gasteiger partial charge in [0.05, 0.1) is 18.8 Å². The number of ether oxygens (including phenoxy) is 1. The standard InChI is InChI=1S/C23H26F2N2O2/c1-3-21-15-27(11-12-29-21)20-6-4-5-18(13-20)16(2)26-23(28)10-8-17-7-9-19(24)14-22(17)25/h4-10,13-14,16,21H,3,11-12,15H2,1-2H3,(H,26,28)/b10-8+/t16-,21?/m1/s1. The number of benzene rings is 2. The number of nitrogens with zero attached hydrogens (tertiary/aromatic N) is 1. The van der Waals surface area contributed by atoms with E-state index < -0.39 is 11.6 Å². The summed E-state index contributed by atoms with van der Waals surface area (Å²) in [6.07, 6.45) is 3.81. The van der Waals surface area contributed by atoms with E-state index in [4.69, 9.17) is 4.74 Å². The van der Waals surface area contributed by atoms with Gasteiger partial charge in [0.25, 0.3) is 0 Å². The van der Waals surface area contributed by atoms with Gasteiger partial charge in [0.2, 0.25) is 5.91 Å². The van der Waals surface area contributed by atoms with E-state index in [1.165, 1.54) is 18.2 Å². The lowest BCUT2D eigenvalue weighted by Gasteiger charge is -2.34. The highest BCUT2D eigenvalue weighted by molar-refractivity contribution is 5.92. The highest BCUT2D eigenvalue weighted by atomic mass is 19.1. The molecule has 1 unspecified atom stereocenters. The first kappa shape index (κ1) is 21.0. The summed E-state index contributed by atoms with van der Waals surface area (Å²) in [6, 6.07) is 11.1. The third-order valence-electron chi connectivity index (χ3n) is 5.07. The molecular weight excluding hydrogens is 374 g/mol. The van der Waals surface area contributed by atoms with E-state index in [2.05, 4.69) is 29.3 Å². The molecule has 0 aliphatic carbocycles. The first-order valence-electron chi connectivity index (χ1n) is 9.86. The van der Waals surface area contributed by atoms with Gasteiger partial charge in [-0.05, 0) is 49.2 Å². The molecule has 1 aliphatic rings. The number of hydrogen-bond donors (Lipinski definition) is 1. The lowest BCUT2D eigenvalue weighted by molar-refractivity contribution is -0.117. The maximum absolute atomic E-state index is 13.7. The van der Waals surface area contributed by atoms with Crippen LogP contribution < -0.4 is 10.2 Å². The first-order chi connectivity index (χ1) is 14.0. The highest BCUT2D eigenvalue weighted by Gasteiger charge is 2.20. The van der Waals surface area contributed by atoms with E-state index in [1.54, 1.807) is 0 Å². The first-order valence-corrected chi connectivity index (χ1v) is 9.86. The molecule has 6 heteroatoms. The fourth-order valence-corrected chi connectivity index (χ4v) is 3.34. The second-order valence-corrected chi connectivity index (χ2v) is 7.17. The zero-order valence-corrected chi connectivity index (χ0v) is 16.7. The molecule has 2 atom stereocenters. The zero-order valence-electron chi connectivity index (χ0n) is 16.7. The monoisotopic (exact) mass is 400 g/mol. The minimum atomic E-state index is -0.703. The molecule has 1 saturated heterocycles. The second kappa shape index (κ2) is 9.65.